The number of carboxylic acids is 1. The molecule has 0 aliphatic rings. The zero-order valence-corrected chi connectivity index (χ0v) is 8.96. The minimum absolute atomic E-state index is 0.107. The number of ether oxygens (including phenoxy) is 1. The molecule has 0 aliphatic carbocycles. The minimum Gasteiger partial charge on any atom is -0.494 e. The average molecular weight is 230 g/mol. The first-order valence-corrected chi connectivity index (χ1v) is 4.77. The van der Waals surface area contributed by atoms with E-state index >= 15 is 0 Å². The van der Waals surface area contributed by atoms with Gasteiger partial charge in [0.15, 0.2) is 11.6 Å². The van der Waals surface area contributed by atoms with Gasteiger partial charge in [-0.15, -0.1) is 0 Å². The SMILES string of the molecule is CCC(C(=O)O)c1c(F)ccc(OC)c1F. The smallest absolute Gasteiger partial charge is 0.311 e. The van der Waals surface area contributed by atoms with E-state index in [0.717, 1.165) is 12.1 Å². The van der Waals surface area contributed by atoms with E-state index in [-0.39, 0.29) is 12.2 Å². The van der Waals surface area contributed by atoms with Crippen LogP contribution in [-0.4, -0.2) is 18.2 Å². The Kier molecular flexibility index (Phi) is 3.82. The molecule has 1 unspecified atom stereocenters. The second-order valence-electron chi connectivity index (χ2n) is 3.28. The fraction of sp³-hybridized carbons (Fsp3) is 0.364. The van der Waals surface area contributed by atoms with E-state index in [1.54, 1.807) is 6.92 Å². The van der Waals surface area contributed by atoms with Crippen molar-refractivity contribution in [3.63, 3.8) is 0 Å². The molecule has 0 spiro atoms. The summed E-state index contributed by atoms with van der Waals surface area (Å²) in [6.07, 6.45) is 0.107. The van der Waals surface area contributed by atoms with Crippen LogP contribution in [0, 0.1) is 11.6 Å². The molecule has 88 valence electrons. The van der Waals surface area contributed by atoms with E-state index in [4.69, 9.17) is 5.11 Å². The molecule has 1 rings (SSSR count). The molecule has 0 saturated carbocycles. The summed E-state index contributed by atoms with van der Waals surface area (Å²) >= 11 is 0. The maximum Gasteiger partial charge on any atom is 0.311 e. The molecular weight excluding hydrogens is 218 g/mol. The third-order valence-electron chi connectivity index (χ3n) is 2.37. The third kappa shape index (κ3) is 2.13. The van der Waals surface area contributed by atoms with Crippen LogP contribution in [0.5, 0.6) is 5.75 Å². The molecule has 0 aliphatic heterocycles. The molecule has 5 heteroatoms. The highest BCUT2D eigenvalue weighted by atomic mass is 19.1. The molecule has 1 atom stereocenters. The number of hydrogen-bond acceptors (Lipinski definition) is 2. The van der Waals surface area contributed by atoms with Crippen LogP contribution in [0.3, 0.4) is 0 Å². The van der Waals surface area contributed by atoms with Crippen LogP contribution in [0.1, 0.15) is 24.8 Å². The van der Waals surface area contributed by atoms with Gasteiger partial charge in [-0.2, -0.15) is 0 Å². The van der Waals surface area contributed by atoms with Crippen molar-refractivity contribution in [2.45, 2.75) is 19.3 Å². The number of carbonyl (C=O) groups is 1. The second-order valence-corrected chi connectivity index (χ2v) is 3.28. The lowest BCUT2D eigenvalue weighted by Gasteiger charge is -2.14. The predicted octanol–water partition coefficient (Wildman–Crippen LogP) is 2.55. The normalized spacial score (nSPS) is 12.2. The summed E-state index contributed by atoms with van der Waals surface area (Å²) in [5.74, 6) is -4.43. The van der Waals surface area contributed by atoms with Gasteiger partial charge in [0.05, 0.1) is 13.0 Å². The minimum atomic E-state index is -1.26. The van der Waals surface area contributed by atoms with Crippen molar-refractivity contribution in [1.82, 2.24) is 0 Å². The van der Waals surface area contributed by atoms with Gasteiger partial charge in [0, 0.05) is 5.56 Å². The van der Waals surface area contributed by atoms with Crippen LogP contribution in [0.25, 0.3) is 0 Å². The highest BCUT2D eigenvalue weighted by Crippen LogP contribution is 2.30. The summed E-state index contributed by atoms with van der Waals surface area (Å²) in [4.78, 5) is 10.9. The van der Waals surface area contributed by atoms with Gasteiger partial charge >= 0.3 is 5.97 Å². The average Bonchev–Trinajstić information content (AvgIpc) is 2.23. The molecule has 1 aromatic carbocycles. The Bertz CT molecular complexity index is 404. The summed E-state index contributed by atoms with van der Waals surface area (Å²) in [6.45, 7) is 1.55. The number of hydrogen-bond donors (Lipinski definition) is 1. The first kappa shape index (κ1) is 12.4. The summed E-state index contributed by atoms with van der Waals surface area (Å²) in [5, 5.41) is 8.87. The number of aliphatic carboxylic acids is 1. The number of benzene rings is 1. The Labute approximate surface area is 91.7 Å². The van der Waals surface area contributed by atoms with Crippen LogP contribution < -0.4 is 4.74 Å². The first-order valence-electron chi connectivity index (χ1n) is 4.77. The maximum atomic E-state index is 13.7. The number of rotatable bonds is 4. The fourth-order valence-corrected chi connectivity index (χ4v) is 1.53. The van der Waals surface area contributed by atoms with Crippen molar-refractivity contribution in [3.8, 4) is 5.75 Å². The van der Waals surface area contributed by atoms with Gasteiger partial charge in [-0.1, -0.05) is 6.92 Å². The topological polar surface area (TPSA) is 46.5 Å². The lowest BCUT2D eigenvalue weighted by Crippen LogP contribution is -2.14. The largest absolute Gasteiger partial charge is 0.494 e. The molecule has 1 N–H and O–H groups in total. The highest BCUT2D eigenvalue weighted by Gasteiger charge is 2.27. The molecule has 0 saturated heterocycles. The van der Waals surface area contributed by atoms with Crippen molar-refractivity contribution in [1.29, 1.82) is 0 Å². The Balaban J connectivity index is 3.35. The lowest BCUT2D eigenvalue weighted by molar-refractivity contribution is -0.139. The zero-order chi connectivity index (χ0) is 12.3. The van der Waals surface area contributed by atoms with Gasteiger partial charge in [-0.05, 0) is 18.6 Å². The summed E-state index contributed by atoms with van der Waals surface area (Å²) in [6, 6.07) is 2.13. The third-order valence-corrected chi connectivity index (χ3v) is 2.37. The van der Waals surface area contributed by atoms with Crippen LogP contribution in [0.15, 0.2) is 12.1 Å². The van der Waals surface area contributed by atoms with E-state index in [1.165, 1.54) is 7.11 Å². The van der Waals surface area contributed by atoms with Crippen molar-refractivity contribution in [3.05, 3.63) is 29.3 Å². The standard InChI is InChI=1S/C11H12F2O3/c1-3-6(11(14)15)9-7(12)4-5-8(16-2)10(9)13/h4-6H,3H2,1-2H3,(H,14,15). The Morgan fingerprint density at radius 1 is 1.50 bits per heavy atom. The quantitative estimate of drug-likeness (QED) is 0.864. The van der Waals surface area contributed by atoms with Crippen LogP contribution in [0.4, 0.5) is 8.78 Å². The monoisotopic (exact) mass is 230 g/mol. The second kappa shape index (κ2) is 4.92. The van der Waals surface area contributed by atoms with Crippen LogP contribution >= 0.6 is 0 Å². The molecule has 0 amide bonds. The number of halogens is 2. The van der Waals surface area contributed by atoms with Crippen molar-refractivity contribution in [2.75, 3.05) is 7.11 Å². The number of methoxy groups -OCH3 is 1. The van der Waals surface area contributed by atoms with Gasteiger partial charge in [-0.3, -0.25) is 4.79 Å². The van der Waals surface area contributed by atoms with Gasteiger partial charge in [-0.25, -0.2) is 8.78 Å². The highest BCUT2D eigenvalue weighted by molar-refractivity contribution is 5.76. The molecule has 0 aromatic heterocycles. The van der Waals surface area contributed by atoms with Crippen LogP contribution in [-0.2, 0) is 4.79 Å². The van der Waals surface area contributed by atoms with Gasteiger partial charge < -0.3 is 9.84 Å². The molecule has 1 aromatic rings. The Hall–Kier alpha value is -1.65. The lowest BCUT2D eigenvalue weighted by atomic mass is 9.95. The Morgan fingerprint density at radius 3 is 2.56 bits per heavy atom. The van der Waals surface area contributed by atoms with E-state index in [9.17, 15) is 13.6 Å². The van der Waals surface area contributed by atoms with E-state index in [2.05, 4.69) is 4.74 Å². The molecule has 3 nitrogen and oxygen atoms in total. The number of carboxylic acid groups (broad SMARTS) is 1. The summed E-state index contributed by atoms with van der Waals surface area (Å²) < 4.78 is 31.8. The van der Waals surface area contributed by atoms with E-state index in [0.29, 0.717) is 0 Å². The molecule has 0 fully saturated rings. The fourth-order valence-electron chi connectivity index (χ4n) is 1.53. The molecular formula is C11H12F2O3. The van der Waals surface area contributed by atoms with Crippen LogP contribution in [0.2, 0.25) is 0 Å². The predicted molar refractivity (Wildman–Crippen MR) is 53.6 cm³/mol. The van der Waals surface area contributed by atoms with Gasteiger partial charge in [0.1, 0.15) is 5.82 Å². The van der Waals surface area contributed by atoms with Crippen molar-refractivity contribution in [2.24, 2.45) is 0 Å². The molecule has 0 heterocycles. The summed E-state index contributed by atoms with van der Waals surface area (Å²) in [5.41, 5.74) is -0.450. The Morgan fingerprint density at radius 2 is 2.12 bits per heavy atom. The molecule has 16 heavy (non-hydrogen) atoms. The first-order chi connectivity index (χ1) is 7.52. The maximum absolute atomic E-state index is 13.7. The van der Waals surface area contributed by atoms with Gasteiger partial charge in [0.25, 0.3) is 0 Å². The van der Waals surface area contributed by atoms with E-state index < -0.39 is 29.1 Å². The molecule has 0 radical (unpaired) electrons. The molecule has 0 bridgehead atoms. The zero-order valence-electron chi connectivity index (χ0n) is 8.96. The van der Waals surface area contributed by atoms with E-state index in [1.807, 2.05) is 0 Å². The summed E-state index contributed by atoms with van der Waals surface area (Å²) in [7, 11) is 1.24. The van der Waals surface area contributed by atoms with Crippen molar-refractivity contribution < 1.29 is 23.4 Å². The van der Waals surface area contributed by atoms with Gasteiger partial charge in [0.2, 0.25) is 0 Å². The van der Waals surface area contributed by atoms with Crippen molar-refractivity contribution >= 4 is 5.97 Å².